The fourth-order valence-electron chi connectivity index (χ4n) is 13.9. The van der Waals surface area contributed by atoms with Crippen molar-refractivity contribution in [1.29, 1.82) is 0 Å². The van der Waals surface area contributed by atoms with Gasteiger partial charge in [-0.1, -0.05) is 189 Å². The van der Waals surface area contributed by atoms with E-state index in [-0.39, 0.29) is 21.7 Å². The Labute approximate surface area is 438 Å². The number of fused-ring (bicyclic) bond motifs is 12. The van der Waals surface area contributed by atoms with Crippen LogP contribution in [0.25, 0.3) is 100 Å². The van der Waals surface area contributed by atoms with E-state index in [1.165, 1.54) is 122 Å². The van der Waals surface area contributed by atoms with Gasteiger partial charge in [0.2, 0.25) is 0 Å². The third-order valence-corrected chi connectivity index (χ3v) is 18.1. The number of rotatable bonds is 5. The van der Waals surface area contributed by atoms with Crippen LogP contribution < -0.4 is 0 Å². The van der Waals surface area contributed by atoms with E-state index >= 15 is 0 Å². The highest BCUT2D eigenvalue weighted by molar-refractivity contribution is 5.92. The molecule has 0 heterocycles. The molecule has 0 aromatic heterocycles. The highest BCUT2D eigenvalue weighted by atomic mass is 19.2. The van der Waals surface area contributed by atoms with Gasteiger partial charge in [-0.3, -0.25) is 0 Å². The van der Waals surface area contributed by atoms with Crippen LogP contribution in [-0.2, 0) is 21.7 Å². The highest BCUT2D eigenvalue weighted by Gasteiger charge is 2.40. The van der Waals surface area contributed by atoms with Gasteiger partial charge in [-0.25, -0.2) is 13.2 Å². The van der Waals surface area contributed by atoms with E-state index in [9.17, 15) is 13.2 Å². The van der Waals surface area contributed by atoms with Crippen molar-refractivity contribution < 1.29 is 13.2 Å². The zero-order chi connectivity index (χ0) is 51.7. The first-order valence-electron chi connectivity index (χ1n) is 26.3. The summed E-state index contributed by atoms with van der Waals surface area (Å²) in [5.74, 6) is -3.87. The summed E-state index contributed by atoms with van der Waals surface area (Å²) in [5, 5.41) is 0. The van der Waals surface area contributed by atoms with Gasteiger partial charge in [-0.05, 0) is 199 Å². The Morgan fingerprint density at radius 3 is 0.760 bits per heavy atom. The molecule has 0 aliphatic heterocycles. The first kappa shape index (κ1) is 45.6. The molecule has 0 nitrogen and oxygen atoms in total. The largest absolute Gasteiger partial charge is 0.204 e. The molecule has 0 radical (unpaired) electrons. The molecule has 10 aromatic carbocycles. The van der Waals surface area contributed by atoms with Crippen LogP contribution in [0.1, 0.15) is 99.9 Å². The Morgan fingerprint density at radius 2 is 0.440 bits per heavy atom. The topological polar surface area (TPSA) is 0 Å². The van der Waals surface area contributed by atoms with Crippen molar-refractivity contribution in [3.05, 3.63) is 250 Å². The summed E-state index contributed by atoms with van der Waals surface area (Å²) in [4.78, 5) is 0. The Bertz CT molecular complexity index is 4130. The maximum atomic E-state index is 14.5. The molecule has 0 unspecified atom stereocenters. The van der Waals surface area contributed by atoms with Crippen LogP contribution in [0.4, 0.5) is 13.2 Å². The molecule has 0 saturated carbocycles. The predicted octanol–water partition coefficient (Wildman–Crippen LogP) is 19.7. The minimum atomic E-state index is -1.46. The lowest BCUT2D eigenvalue weighted by molar-refractivity contribution is 0.448. The van der Waals surface area contributed by atoms with Gasteiger partial charge < -0.3 is 0 Å². The standard InChI is InChI=1S/C72H55F3/c1-69(2)58-16-12-11-15-50(58)51-24-17-40(31-59(51)69)41-18-25-52-53-26-19-42(33-61(53)70(3,4)60(52)32-41)43-20-27-54-55-28-21-44(35-63(55)71(5,6)62(54)34-43)45-22-29-56-57-30-23-46(37-65(57)72(7,8)64(56)36-45)48-13-9-10-14-49(48)47-38-66(73)68(75)67(74)39-47/h9-39H,1-8H3. The number of hydrogen-bond donors (Lipinski definition) is 0. The minimum absolute atomic E-state index is 0.0455. The lowest BCUT2D eigenvalue weighted by Crippen LogP contribution is -2.16. The maximum Gasteiger partial charge on any atom is 0.194 e. The summed E-state index contributed by atoms with van der Waals surface area (Å²) in [6.45, 7) is 18.8. The summed E-state index contributed by atoms with van der Waals surface area (Å²) in [5.41, 5.74) is 30.3. The Hall–Kier alpha value is -8.01. The molecule has 4 aliphatic carbocycles. The second-order valence-corrected chi connectivity index (χ2v) is 23.7. The van der Waals surface area contributed by atoms with Crippen LogP contribution in [-0.4, -0.2) is 0 Å². The van der Waals surface area contributed by atoms with Gasteiger partial charge in [0.25, 0.3) is 0 Å². The monoisotopic (exact) mass is 976 g/mol. The molecule has 0 amide bonds. The molecule has 0 bridgehead atoms. The lowest BCUT2D eigenvalue weighted by Gasteiger charge is -2.24. The molecule has 0 atom stereocenters. The van der Waals surface area contributed by atoms with Crippen molar-refractivity contribution in [1.82, 2.24) is 0 Å². The van der Waals surface area contributed by atoms with Gasteiger partial charge >= 0.3 is 0 Å². The third-order valence-electron chi connectivity index (χ3n) is 18.1. The summed E-state index contributed by atoms with van der Waals surface area (Å²) in [7, 11) is 0. The Morgan fingerprint density at radius 1 is 0.213 bits per heavy atom. The van der Waals surface area contributed by atoms with Crippen LogP contribution >= 0.6 is 0 Å². The first-order valence-corrected chi connectivity index (χ1v) is 26.3. The van der Waals surface area contributed by atoms with Crippen LogP contribution in [0.15, 0.2) is 188 Å². The second kappa shape index (κ2) is 15.5. The smallest absolute Gasteiger partial charge is 0.194 e. The van der Waals surface area contributed by atoms with Crippen LogP contribution in [0, 0.1) is 17.5 Å². The molecular weight excluding hydrogens is 922 g/mol. The molecule has 75 heavy (non-hydrogen) atoms. The second-order valence-electron chi connectivity index (χ2n) is 23.7. The van der Waals surface area contributed by atoms with Crippen LogP contribution in [0.3, 0.4) is 0 Å². The highest BCUT2D eigenvalue weighted by Crippen LogP contribution is 2.56. The molecule has 0 fully saturated rings. The quantitative estimate of drug-likeness (QED) is 0.151. The predicted molar refractivity (Wildman–Crippen MR) is 304 cm³/mol. The van der Waals surface area contributed by atoms with Crippen LogP contribution in [0.5, 0.6) is 0 Å². The maximum absolute atomic E-state index is 14.5. The number of halogens is 3. The normalized spacial score (nSPS) is 15.8. The van der Waals surface area contributed by atoms with Crippen molar-refractivity contribution in [2.75, 3.05) is 0 Å². The van der Waals surface area contributed by atoms with Gasteiger partial charge in [0.05, 0.1) is 0 Å². The van der Waals surface area contributed by atoms with E-state index in [1.807, 2.05) is 24.3 Å². The Balaban J connectivity index is 0.747. The van der Waals surface area contributed by atoms with Crippen molar-refractivity contribution in [2.45, 2.75) is 77.0 Å². The number of hydrogen-bond acceptors (Lipinski definition) is 0. The lowest BCUT2D eigenvalue weighted by atomic mass is 9.79. The average Bonchev–Trinajstić information content (AvgIpc) is 4.01. The first-order chi connectivity index (χ1) is 35.9. The molecule has 3 heteroatoms. The molecule has 0 saturated heterocycles. The third kappa shape index (κ3) is 6.43. The molecule has 14 rings (SSSR count). The van der Waals surface area contributed by atoms with E-state index in [0.717, 1.165) is 23.3 Å². The molecule has 0 N–H and O–H groups in total. The molecule has 10 aromatic rings. The fraction of sp³-hybridized carbons (Fsp3) is 0.167. The summed E-state index contributed by atoms with van der Waals surface area (Å²) in [6, 6.07) is 67.3. The van der Waals surface area contributed by atoms with E-state index in [1.54, 1.807) is 0 Å². The van der Waals surface area contributed by atoms with Gasteiger partial charge in [0.1, 0.15) is 0 Å². The molecule has 0 spiro atoms. The zero-order valence-electron chi connectivity index (χ0n) is 43.5. The van der Waals surface area contributed by atoms with Gasteiger partial charge in [-0.15, -0.1) is 0 Å². The molecule has 364 valence electrons. The summed E-state index contributed by atoms with van der Waals surface area (Å²) >= 11 is 0. The van der Waals surface area contributed by atoms with Crippen molar-refractivity contribution in [3.63, 3.8) is 0 Å². The zero-order valence-corrected chi connectivity index (χ0v) is 43.5. The van der Waals surface area contributed by atoms with E-state index in [2.05, 4.69) is 207 Å². The minimum Gasteiger partial charge on any atom is -0.204 e. The SMILES string of the molecule is CC1(C)c2ccccc2-c2ccc(-c3ccc4c(c3)C(C)(C)c3cc(-c5ccc6c(c5)C(C)(C)c5cc(-c7ccc8c(c7)C(C)(C)c7cc(-c9ccccc9-c9cc(F)c(F)c(F)c9)ccc7-8)ccc5-6)ccc3-4)cc21. The van der Waals surface area contributed by atoms with Gasteiger partial charge in [0.15, 0.2) is 17.5 Å². The molecular formula is C72H55F3. The van der Waals surface area contributed by atoms with E-state index in [0.29, 0.717) is 11.1 Å². The number of benzene rings is 10. The van der Waals surface area contributed by atoms with Crippen molar-refractivity contribution >= 4 is 0 Å². The van der Waals surface area contributed by atoms with Gasteiger partial charge in [0, 0.05) is 21.7 Å². The summed E-state index contributed by atoms with van der Waals surface area (Å²) < 4.78 is 42.9. The fourth-order valence-corrected chi connectivity index (χ4v) is 13.9. The van der Waals surface area contributed by atoms with Crippen molar-refractivity contribution in [3.8, 4) is 100 Å². The molecule has 4 aliphatic rings. The average molecular weight is 977 g/mol. The van der Waals surface area contributed by atoms with E-state index in [4.69, 9.17) is 0 Å². The Kier molecular flexibility index (Phi) is 9.44. The van der Waals surface area contributed by atoms with Crippen LogP contribution in [0.2, 0.25) is 0 Å². The van der Waals surface area contributed by atoms with E-state index < -0.39 is 17.5 Å². The summed E-state index contributed by atoms with van der Waals surface area (Å²) in [6.07, 6.45) is 0. The van der Waals surface area contributed by atoms with Gasteiger partial charge in [-0.2, -0.15) is 0 Å². The van der Waals surface area contributed by atoms with Crippen molar-refractivity contribution in [2.24, 2.45) is 0 Å².